The molecule has 112 valence electrons. The molecule has 1 aromatic carbocycles. The third-order valence-corrected chi connectivity index (χ3v) is 3.29. The van der Waals surface area contributed by atoms with E-state index in [2.05, 4.69) is 34.3 Å². The molecular formula is C16H20ClN3O. The summed E-state index contributed by atoms with van der Waals surface area (Å²) in [7, 11) is 1.67. The molecule has 21 heavy (non-hydrogen) atoms. The van der Waals surface area contributed by atoms with Gasteiger partial charge >= 0.3 is 0 Å². The molecule has 2 aromatic rings. The number of anilines is 1. The zero-order chi connectivity index (χ0) is 15.1. The fourth-order valence-corrected chi connectivity index (χ4v) is 2.22. The van der Waals surface area contributed by atoms with E-state index in [0.717, 1.165) is 43.2 Å². The number of hydrogen-bond donors (Lipinski definition) is 1. The minimum absolute atomic E-state index is 0.486. The maximum Gasteiger partial charge on any atom is 0.134 e. The van der Waals surface area contributed by atoms with E-state index in [9.17, 15) is 0 Å². The van der Waals surface area contributed by atoms with Gasteiger partial charge in [-0.1, -0.05) is 30.7 Å². The summed E-state index contributed by atoms with van der Waals surface area (Å²) in [5, 5.41) is 3.78. The quantitative estimate of drug-likeness (QED) is 0.792. The third kappa shape index (κ3) is 4.90. The predicted molar refractivity (Wildman–Crippen MR) is 86.2 cm³/mol. The van der Waals surface area contributed by atoms with Crippen LogP contribution in [0.3, 0.4) is 0 Å². The lowest BCUT2D eigenvalue weighted by molar-refractivity contribution is 0.414. The van der Waals surface area contributed by atoms with E-state index >= 15 is 0 Å². The van der Waals surface area contributed by atoms with Crippen molar-refractivity contribution in [2.45, 2.75) is 26.2 Å². The Hall–Kier alpha value is -1.81. The van der Waals surface area contributed by atoms with Crippen LogP contribution in [0.1, 0.15) is 24.7 Å². The predicted octanol–water partition coefficient (Wildman–Crippen LogP) is 3.75. The van der Waals surface area contributed by atoms with Crippen LogP contribution in [-0.2, 0) is 12.8 Å². The molecule has 0 bridgehead atoms. The molecule has 0 atom stereocenters. The van der Waals surface area contributed by atoms with Crippen molar-refractivity contribution in [3.63, 3.8) is 0 Å². The van der Waals surface area contributed by atoms with Gasteiger partial charge in [0.15, 0.2) is 0 Å². The number of ether oxygens (including phenoxy) is 1. The highest BCUT2D eigenvalue weighted by Crippen LogP contribution is 2.14. The molecule has 0 aliphatic heterocycles. The fraction of sp³-hybridized carbons (Fsp3) is 0.375. The molecule has 1 N–H and O–H groups in total. The molecule has 0 saturated carbocycles. The van der Waals surface area contributed by atoms with Crippen molar-refractivity contribution < 1.29 is 4.74 Å². The monoisotopic (exact) mass is 305 g/mol. The lowest BCUT2D eigenvalue weighted by atomic mass is 10.1. The van der Waals surface area contributed by atoms with Crippen LogP contribution in [0, 0.1) is 0 Å². The Morgan fingerprint density at radius 1 is 1.14 bits per heavy atom. The van der Waals surface area contributed by atoms with Crippen molar-refractivity contribution in [3.05, 3.63) is 46.9 Å². The molecule has 1 aromatic heterocycles. The number of nitrogens with one attached hydrogen (secondary N) is 1. The van der Waals surface area contributed by atoms with Crippen molar-refractivity contribution >= 4 is 17.4 Å². The number of aromatic nitrogens is 2. The topological polar surface area (TPSA) is 47.0 Å². The first-order chi connectivity index (χ1) is 10.2. The van der Waals surface area contributed by atoms with Crippen LogP contribution in [0.25, 0.3) is 0 Å². The standard InChI is InChI=1S/C16H20ClN3O/c1-3-4-15-19-14(17)11-16(20-15)18-10-9-12-5-7-13(21-2)8-6-12/h5-8,11H,3-4,9-10H2,1-2H3,(H,18,19,20). The number of methoxy groups -OCH3 is 1. The number of rotatable bonds is 7. The highest BCUT2D eigenvalue weighted by molar-refractivity contribution is 6.29. The van der Waals surface area contributed by atoms with E-state index in [1.54, 1.807) is 13.2 Å². The second kappa shape index (κ2) is 7.84. The molecule has 0 saturated heterocycles. The zero-order valence-electron chi connectivity index (χ0n) is 12.4. The Balaban J connectivity index is 1.90. The van der Waals surface area contributed by atoms with Gasteiger partial charge in [0, 0.05) is 19.0 Å². The van der Waals surface area contributed by atoms with Gasteiger partial charge in [-0.05, 0) is 30.5 Å². The third-order valence-electron chi connectivity index (χ3n) is 3.09. The van der Waals surface area contributed by atoms with Crippen molar-refractivity contribution in [2.24, 2.45) is 0 Å². The summed E-state index contributed by atoms with van der Waals surface area (Å²) in [5.74, 6) is 2.45. The van der Waals surface area contributed by atoms with Crippen LogP contribution < -0.4 is 10.1 Å². The molecular weight excluding hydrogens is 286 g/mol. The molecule has 0 unspecified atom stereocenters. The van der Waals surface area contributed by atoms with Gasteiger partial charge in [-0.15, -0.1) is 0 Å². The summed E-state index contributed by atoms with van der Waals surface area (Å²) in [4.78, 5) is 8.66. The van der Waals surface area contributed by atoms with E-state index in [1.807, 2.05) is 12.1 Å². The summed E-state index contributed by atoms with van der Waals surface area (Å²) in [6.07, 6.45) is 2.76. The first-order valence-corrected chi connectivity index (χ1v) is 7.49. The summed E-state index contributed by atoms with van der Waals surface area (Å²) in [6.45, 7) is 2.90. The first-order valence-electron chi connectivity index (χ1n) is 7.11. The zero-order valence-corrected chi connectivity index (χ0v) is 13.2. The highest BCUT2D eigenvalue weighted by atomic mass is 35.5. The van der Waals surface area contributed by atoms with Crippen LogP contribution in [0.4, 0.5) is 5.82 Å². The largest absolute Gasteiger partial charge is 0.497 e. The maximum atomic E-state index is 6.01. The molecule has 0 amide bonds. The molecule has 0 aliphatic rings. The number of hydrogen-bond acceptors (Lipinski definition) is 4. The smallest absolute Gasteiger partial charge is 0.134 e. The van der Waals surface area contributed by atoms with Gasteiger partial charge in [-0.25, -0.2) is 9.97 Å². The Bertz CT molecular complexity index is 572. The summed E-state index contributed by atoms with van der Waals surface area (Å²) >= 11 is 6.01. The van der Waals surface area contributed by atoms with Crippen LogP contribution in [0.15, 0.2) is 30.3 Å². The van der Waals surface area contributed by atoms with E-state index in [-0.39, 0.29) is 0 Å². The molecule has 4 nitrogen and oxygen atoms in total. The number of benzene rings is 1. The Kier molecular flexibility index (Phi) is 5.81. The lowest BCUT2D eigenvalue weighted by Crippen LogP contribution is -2.08. The molecule has 0 radical (unpaired) electrons. The van der Waals surface area contributed by atoms with E-state index in [0.29, 0.717) is 5.15 Å². The van der Waals surface area contributed by atoms with Crippen molar-refractivity contribution in [3.8, 4) is 5.75 Å². The lowest BCUT2D eigenvalue weighted by Gasteiger charge is -2.08. The van der Waals surface area contributed by atoms with Crippen molar-refractivity contribution in [2.75, 3.05) is 19.0 Å². The fourth-order valence-electron chi connectivity index (χ4n) is 2.02. The SMILES string of the molecule is CCCc1nc(Cl)cc(NCCc2ccc(OC)cc2)n1. The number of nitrogens with zero attached hydrogens (tertiary/aromatic N) is 2. The van der Waals surface area contributed by atoms with E-state index in [1.165, 1.54) is 5.56 Å². The summed E-state index contributed by atoms with van der Waals surface area (Å²) in [5.41, 5.74) is 1.25. The van der Waals surface area contributed by atoms with Crippen LogP contribution in [0.5, 0.6) is 5.75 Å². The normalized spacial score (nSPS) is 10.4. The average molecular weight is 306 g/mol. The maximum absolute atomic E-state index is 6.01. The molecule has 2 rings (SSSR count). The highest BCUT2D eigenvalue weighted by Gasteiger charge is 2.02. The van der Waals surface area contributed by atoms with Crippen LogP contribution in [-0.4, -0.2) is 23.6 Å². The Labute approximate surface area is 130 Å². The second-order valence-corrected chi connectivity index (χ2v) is 5.15. The van der Waals surface area contributed by atoms with Gasteiger partial charge in [0.1, 0.15) is 22.5 Å². The Morgan fingerprint density at radius 2 is 1.90 bits per heavy atom. The molecule has 5 heteroatoms. The average Bonchev–Trinajstić information content (AvgIpc) is 2.48. The number of aryl methyl sites for hydroxylation is 1. The van der Waals surface area contributed by atoms with E-state index in [4.69, 9.17) is 16.3 Å². The van der Waals surface area contributed by atoms with Gasteiger partial charge in [0.2, 0.25) is 0 Å². The van der Waals surface area contributed by atoms with Gasteiger partial charge in [0.25, 0.3) is 0 Å². The van der Waals surface area contributed by atoms with E-state index < -0.39 is 0 Å². The molecule has 0 fully saturated rings. The minimum Gasteiger partial charge on any atom is -0.497 e. The minimum atomic E-state index is 0.486. The molecule has 1 heterocycles. The molecule has 0 aliphatic carbocycles. The second-order valence-electron chi connectivity index (χ2n) is 4.77. The van der Waals surface area contributed by atoms with Gasteiger partial charge in [-0.2, -0.15) is 0 Å². The van der Waals surface area contributed by atoms with Crippen LogP contribution in [0.2, 0.25) is 5.15 Å². The van der Waals surface area contributed by atoms with Crippen molar-refractivity contribution in [1.29, 1.82) is 0 Å². The first kappa shape index (κ1) is 15.6. The summed E-state index contributed by atoms with van der Waals surface area (Å²) < 4.78 is 5.15. The van der Waals surface area contributed by atoms with Gasteiger partial charge < -0.3 is 10.1 Å². The van der Waals surface area contributed by atoms with Gasteiger partial charge in [-0.3, -0.25) is 0 Å². The summed E-state index contributed by atoms with van der Waals surface area (Å²) in [6, 6.07) is 9.83. The van der Waals surface area contributed by atoms with Crippen LogP contribution >= 0.6 is 11.6 Å². The van der Waals surface area contributed by atoms with Crippen molar-refractivity contribution in [1.82, 2.24) is 9.97 Å². The Morgan fingerprint density at radius 3 is 2.57 bits per heavy atom. The molecule has 0 spiro atoms. The number of halogens is 1. The van der Waals surface area contributed by atoms with Gasteiger partial charge in [0.05, 0.1) is 7.11 Å².